The van der Waals surface area contributed by atoms with Gasteiger partial charge in [0.05, 0.1) is 23.6 Å². The van der Waals surface area contributed by atoms with Gasteiger partial charge in [0.1, 0.15) is 13.0 Å². The highest BCUT2D eigenvalue weighted by atomic mass is 16.5. The molecule has 2 heterocycles. The van der Waals surface area contributed by atoms with Crippen molar-refractivity contribution < 1.29 is 24.0 Å². The molecule has 2 aliphatic rings. The molecule has 0 aromatic heterocycles. The summed E-state index contributed by atoms with van der Waals surface area (Å²) in [5.41, 5.74) is 8.48. The van der Waals surface area contributed by atoms with E-state index in [2.05, 4.69) is 121 Å². The predicted molar refractivity (Wildman–Crippen MR) is 189 cm³/mol. The Kier molecular flexibility index (Phi) is 9.79. The number of carboxylic acids is 1. The molecule has 248 valence electrons. The fourth-order valence-corrected chi connectivity index (χ4v) is 6.63. The van der Waals surface area contributed by atoms with Crippen LogP contribution in [0.3, 0.4) is 0 Å². The third-order valence-corrected chi connectivity index (χ3v) is 9.54. The van der Waals surface area contributed by atoms with Crippen LogP contribution in [-0.2, 0) is 36.0 Å². The van der Waals surface area contributed by atoms with Crippen LogP contribution >= 0.6 is 0 Å². The summed E-state index contributed by atoms with van der Waals surface area (Å²) in [6, 6.07) is 15.4. The molecule has 0 unspecified atom stereocenters. The van der Waals surface area contributed by atoms with Gasteiger partial charge in [-0.05, 0) is 71.7 Å². The van der Waals surface area contributed by atoms with E-state index < -0.39 is 11.4 Å². The van der Waals surface area contributed by atoms with Crippen molar-refractivity contribution in [2.24, 2.45) is 0 Å². The summed E-state index contributed by atoms with van der Waals surface area (Å²) < 4.78 is 7.17. The first-order chi connectivity index (χ1) is 21.8. The van der Waals surface area contributed by atoms with Crippen molar-refractivity contribution in [2.75, 3.05) is 24.6 Å². The summed E-state index contributed by atoms with van der Waals surface area (Å²) in [5.74, 6) is -0.854. The second kappa shape index (κ2) is 13.0. The maximum atomic E-state index is 11.6. The van der Waals surface area contributed by atoms with Crippen molar-refractivity contribution in [3.05, 3.63) is 94.2 Å². The lowest BCUT2D eigenvalue weighted by atomic mass is 9.78. The Morgan fingerprint density at radius 3 is 2.17 bits per heavy atom. The van der Waals surface area contributed by atoms with Gasteiger partial charge >= 0.3 is 5.97 Å². The van der Waals surface area contributed by atoms with E-state index in [0.717, 1.165) is 28.3 Å². The smallest absolute Gasteiger partial charge is 0.309 e. The monoisotopic (exact) mass is 636 g/mol. The van der Waals surface area contributed by atoms with Crippen LogP contribution in [0.1, 0.15) is 97.9 Å². The van der Waals surface area contributed by atoms with Crippen LogP contribution in [0.4, 0.5) is 11.4 Å². The first-order valence-corrected chi connectivity index (χ1v) is 16.3. The van der Waals surface area contributed by atoms with E-state index in [1.54, 1.807) is 0 Å². The zero-order chi connectivity index (χ0) is 34.9. The topological polar surface area (TPSA) is 93.6 Å². The van der Waals surface area contributed by atoms with E-state index in [-0.39, 0.29) is 29.3 Å². The number of carbonyl (C=O) groups excluding carboxylic acids is 1. The van der Waals surface area contributed by atoms with E-state index in [9.17, 15) is 20.0 Å². The maximum Gasteiger partial charge on any atom is 0.309 e. The Balaban J connectivity index is 1.77. The van der Waals surface area contributed by atoms with Crippen molar-refractivity contribution in [2.45, 2.75) is 97.3 Å². The standard InChI is InChI=1S/C40H49N3O4/c1-37(2,3)28-13-15-32-30(23-28)39(7,8)34(42(32)20-19-36(45)46)17-11-27(25-41)12-18-35-40(9,10)31-24-29(38(4,5)6)14-16-33(31)43(35)21-22-47-26-44/h11-18,23-24,26H,19-22H2,1-10H3/p+1. The van der Waals surface area contributed by atoms with Crippen LogP contribution in [0.15, 0.2) is 72.0 Å². The Labute approximate surface area is 280 Å². The van der Waals surface area contributed by atoms with Gasteiger partial charge in [-0.15, -0.1) is 0 Å². The molecule has 0 atom stereocenters. The molecule has 7 heteroatoms. The highest BCUT2D eigenvalue weighted by molar-refractivity contribution is 6.03. The minimum atomic E-state index is -0.854. The normalized spacial score (nSPS) is 18.0. The number of anilines is 1. The Hall–Kier alpha value is -4.44. The fraction of sp³-hybridized carbons (Fsp3) is 0.450. The number of rotatable bonds is 10. The SMILES string of the molecule is CC(C)(C)c1ccc2c(c1)C(C)(C)C(=CC=C(C#N)C=CC1=[N+](CCC(=O)O)c3ccc(C(C)(C)C)cc3C1(C)C)N2CCOC=O. The average Bonchev–Trinajstić information content (AvgIpc) is 3.33. The molecule has 7 nitrogen and oxygen atoms in total. The molecular formula is C40H50N3O4+. The second-order valence-corrected chi connectivity index (χ2v) is 15.6. The van der Waals surface area contributed by atoms with Crippen LogP contribution in [0.2, 0.25) is 0 Å². The molecule has 0 saturated heterocycles. The molecular weight excluding hydrogens is 586 g/mol. The molecule has 0 bridgehead atoms. The molecule has 0 amide bonds. The number of ether oxygens (including phenoxy) is 1. The number of allylic oxidation sites excluding steroid dienone is 6. The summed E-state index contributed by atoms with van der Waals surface area (Å²) in [5, 5.41) is 19.8. The number of benzene rings is 2. The van der Waals surface area contributed by atoms with Crippen LogP contribution in [0.25, 0.3) is 0 Å². The third-order valence-electron chi connectivity index (χ3n) is 9.54. The molecule has 1 N–H and O–H groups in total. The highest BCUT2D eigenvalue weighted by Crippen LogP contribution is 2.49. The Bertz CT molecular complexity index is 1730. The lowest BCUT2D eigenvalue weighted by molar-refractivity contribution is -0.436. The largest absolute Gasteiger partial charge is 0.481 e. The van der Waals surface area contributed by atoms with Gasteiger partial charge < -0.3 is 14.7 Å². The molecule has 0 fully saturated rings. The van der Waals surface area contributed by atoms with Gasteiger partial charge in [-0.2, -0.15) is 9.84 Å². The van der Waals surface area contributed by atoms with E-state index in [1.807, 2.05) is 24.3 Å². The van der Waals surface area contributed by atoms with Crippen molar-refractivity contribution in [1.82, 2.24) is 0 Å². The van der Waals surface area contributed by atoms with Crippen LogP contribution in [0, 0.1) is 11.3 Å². The third kappa shape index (κ3) is 7.12. The zero-order valence-electron chi connectivity index (χ0n) is 29.7. The molecule has 0 aliphatic carbocycles. The summed E-state index contributed by atoms with van der Waals surface area (Å²) in [7, 11) is 0. The first-order valence-electron chi connectivity index (χ1n) is 16.3. The number of nitriles is 1. The minimum absolute atomic E-state index is 0.00283. The maximum absolute atomic E-state index is 11.6. The number of carboxylic acid groups (broad SMARTS) is 1. The minimum Gasteiger partial charge on any atom is -0.481 e. The quantitative estimate of drug-likeness (QED) is 0.0934. The second-order valence-electron chi connectivity index (χ2n) is 15.6. The number of fused-ring (bicyclic) bond motifs is 2. The lowest BCUT2D eigenvalue weighted by Crippen LogP contribution is -2.29. The van der Waals surface area contributed by atoms with E-state index in [1.165, 1.54) is 16.7 Å². The molecule has 47 heavy (non-hydrogen) atoms. The molecule has 2 aromatic carbocycles. The predicted octanol–water partition coefficient (Wildman–Crippen LogP) is 7.99. The summed E-state index contributed by atoms with van der Waals surface area (Å²) >= 11 is 0. The van der Waals surface area contributed by atoms with E-state index in [0.29, 0.717) is 25.1 Å². The van der Waals surface area contributed by atoms with E-state index >= 15 is 0 Å². The van der Waals surface area contributed by atoms with Gasteiger partial charge in [-0.3, -0.25) is 9.59 Å². The van der Waals surface area contributed by atoms with Gasteiger partial charge in [0.25, 0.3) is 6.47 Å². The summed E-state index contributed by atoms with van der Waals surface area (Å²) in [6.45, 7) is 23.4. The van der Waals surface area contributed by atoms with Crippen LogP contribution < -0.4 is 4.90 Å². The number of nitrogens with zero attached hydrogens (tertiary/aromatic N) is 3. The van der Waals surface area contributed by atoms with Gasteiger partial charge in [0.2, 0.25) is 5.69 Å². The lowest BCUT2D eigenvalue weighted by Gasteiger charge is -2.26. The van der Waals surface area contributed by atoms with Crippen molar-refractivity contribution in [3.63, 3.8) is 0 Å². The van der Waals surface area contributed by atoms with Gasteiger partial charge in [-0.25, -0.2) is 0 Å². The molecule has 0 radical (unpaired) electrons. The van der Waals surface area contributed by atoms with Crippen molar-refractivity contribution in [1.29, 1.82) is 5.26 Å². The van der Waals surface area contributed by atoms with Crippen LogP contribution in [-0.4, -0.2) is 47.5 Å². The molecule has 0 spiro atoms. The van der Waals surface area contributed by atoms with Gasteiger partial charge in [0, 0.05) is 34.5 Å². The van der Waals surface area contributed by atoms with Gasteiger partial charge in [-0.1, -0.05) is 73.6 Å². The van der Waals surface area contributed by atoms with E-state index in [4.69, 9.17) is 4.74 Å². The zero-order valence-corrected chi connectivity index (χ0v) is 29.7. The van der Waals surface area contributed by atoms with Crippen molar-refractivity contribution >= 4 is 29.5 Å². The number of carbonyl (C=O) groups is 2. The first kappa shape index (κ1) is 35.4. The molecule has 4 rings (SSSR count). The Morgan fingerprint density at radius 1 is 0.979 bits per heavy atom. The van der Waals surface area contributed by atoms with Crippen LogP contribution in [0.5, 0.6) is 0 Å². The summed E-state index contributed by atoms with van der Waals surface area (Å²) in [6.07, 6.45) is 7.62. The number of aliphatic carboxylic acids is 1. The summed E-state index contributed by atoms with van der Waals surface area (Å²) in [4.78, 5) is 24.7. The molecule has 0 saturated carbocycles. The van der Waals surface area contributed by atoms with Crippen molar-refractivity contribution in [3.8, 4) is 6.07 Å². The Morgan fingerprint density at radius 2 is 1.60 bits per heavy atom. The van der Waals surface area contributed by atoms with Gasteiger partial charge in [0.15, 0.2) is 12.3 Å². The number of hydrogen-bond acceptors (Lipinski definition) is 5. The average molecular weight is 637 g/mol. The molecule has 2 aliphatic heterocycles. The highest BCUT2D eigenvalue weighted by Gasteiger charge is 2.45. The molecule has 2 aromatic rings. The fourth-order valence-electron chi connectivity index (χ4n) is 6.63. The number of hydrogen-bond donors (Lipinski definition) is 1.